The van der Waals surface area contributed by atoms with Gasteiger partial charge in [0.15, 0.2) is 150 Å². The van der Waals surface area contributed by atoms with E-state index < -0.39 is 193 Å². The molecule has 1 unspecified atom stereocenters. The molecular weight excluding hydrogens is 2030 g/mol. The maximum absolute atomic E-state index is 11.6. The van der Waals surface area contributed by atoms with E-state index >= 15 is 0 Å². The Kier molecular flexibility index (Phi) is 68.4. The van der Waals surface area contributed by atoms with Crippen LogP contribution in [0.25, 0.3) is 0 Å². The average molecular weight is 2250 g/mol. The highest BCUT2D eigenvalue weighted by molar-refractivity contribution is 6.96. The van der Waals surface area contributed by atoms with Crippen molar-refractivity contribution in [2.75, 3.05) is 34.5 Å². The normalized spacial score (nSPS) is 13.9. The first-order valence-corrected chi connectivity index (χ1v) is 116. The predicted octanol–water partition coefficient (Wildman–Crippen LogP) is 29.4. The monoisotopic (exact) mass is 2240 g/mol. The third kappa shape index (κ3) is 90.9. The molecule has 0 aromatic rings. The molecule has 0 saturated heterocycles. The predicted molar refractivity (Wildman–Crippen MR) is 629 cm³/mol. The number of carbonyl (C=O) groups is 2. The number of rotatable bonds is 53. The van der Waals surface area contributed by atoms with Gasteiger partial charge in [0, 0.05) is 55.8 Å². The molecule has 0 spiro atoms. The van der Waals surface area contributed by atoms with Crippen molar-refractivity contribution in [2.24, 2.45) is 0 Å². The Morgan fingerprint density at radius 3 is 0.748 bits per heavy atom. The molecule has 0 N–H and O–H groups in total. The SMILES string of the molecule is C=C(C)C(=O)OCCC[Si](C)(C)O[Si](C)(C)C.C=C(C)C(=O)OCCC[Si](O[Si](C)(C)C)(O[Si](C)(C)C)O[Si](C)(C)C.C=CC[Si](C)(C)OC(C)C.C=CC[Si](O[Si](C)(C)C)(O[Si](C)(C)C)O[Si](C)(C)C.C=C[Si](C)(C)O[Si](C)(C)C.C=C[Si](C)(C)O[Si](C)(C)C(C)[Si](OC)(OC)OC.C=C[Si](C)(O[Si](C)(C)C)O[Si](C)(C)C.C=C[Si](O[Si](C)(C)C)(O[Si](C)(C)C)O[Si](C)(C)C. The number of allylic oxidation sites excluding steroid dienone is 2. The maximum Gasteiger partial charge on any atom is 0.502 e. The number of hydrogen-bond donors (Lipinski definition) is 0. The van der Waals surface area contributed by atoms with Gasteiger partial charge in [0.05, 0.1) is 13.2 Å². The van der Waals surface area contributed by atoms with E-state index in [9.17, 15) is 9.59 Å². The zero-order chi connectivity index (χ0) is 107. The van der Waals surface area contributed by atoms with Crippen molar-refractivity contribution in [1.29, 1.82) is 0 Å². The fraction of sp³-hybridized carbons (Fsp3) is 0.791. The van der Waals surface area contributed by atoms with Crippen molar-refractivity contribution in [3.05, 3.63) is 98.7 Å². The summed E-state index contributed by atoms with van der Waals surface area (Å²) in [4.78, 5) is 22.7. The van der Waals surface area contributed by atoms with E-state index in [2.05, 4.69) is 401 Å². The molecule has 131 heavy (non-hydrogen) atoms. The Bertz CT molecular complexity index is 3150. The number of ether oxygens (including phenoxy) is 2. The van der Waals surface area contributed by atoms with Crippen LogP contribution in [0, 0.1) is 0 Å². The first kappa shape index (κ1) is 147. The van der Waals surface area contributed by atoms with Gasteiger partial charge < -0.3 is 84.8 Å². The highest BCUT2D eigenvalue weighted by atomic mass is 28.5. The van der Waals surface area contributed by atoms with Gasteiger partial charge in [0.1, 0.15) is 0 Å². The van der Waals surface area contributed by atoms with Crippen molar-refractivity contribution in [3.8, 4) is 0 Å². The second-order valence-electron chi connectivity index (χ2n) is 49.2. The molecule has 0 rings (SSSR count). The molecule has 0 aliphatic carbocycles. The topological polar surface area (TPSA) is 219 Å². The van der Waals surface area contributed by atoms with E-state index in [1.165, 1.54) is 0 Å². The molecule has 0 saturated carbocycles. The van der Waals surface area contributed by atoms with E-state index in [4.69, 9.17) is 84.8 Å². The van der Waals surface area contributed by atoms with Crippen LogP contribution in [-0.4, -0.2) is 246 Å². The summed E-state index contributed by atoms with van der Waals surface area (Å²) in [6.07, 6.45) is 5.76. The first-order chi connectivity index (χ1) is 57.2. The zero-order valence-electron chi connectivity index (χ0n) is 96.4. The molecule has 0 aromatic carbocycles. The zero-order valence-corrected chi connectivity index (χ0v) is 119. The summed E-state index contributed by atoms with van der Waals surface area (Å²) in [5.41, 5.74) is 8.55. The molecule has 0 aliphatic heterocycles. The molecule has 1 atom stereocenters. The third-order valence-corrected chi connectivity index (χ3v) is 86.5. The van der Waals surface area contributed by atoms with Gasteiger partial charge in [-0.05, 0) is 386 Å². The lowest BCUT2D eigenvalue weighted by Crippen LogP contribution is -2.60. The minimum absolute atomic E-state index is 0.164. The summed E-state index contributed by atoms with van der Waals surface area (Å²) in [5, 5.41) is 0.164. The molecular formula is C86H214O22Si23. The van der Waals surface area contributed by atoms with Crippen LogP contribution in [-0.2, 0) is 94.4 Å². The molecule has 0 radical (unpaired) electrons. The Hall–Kier alpha value is 1.13. The minimum atomic E-state index is -2.83. The largest absolute Gasteiger partial charge is 0.502 e. The summed E-state index contributed by atoms with van der Waals surface area (Å²) in [6, 6.07) is 3.47. The summed E-state index contributed by atoms with van der Waals surface area (Å²) in [6.45, 7) is 150. The van der Waals surface area contributed by atoms with E-state index in [1.54, 1.807) is 35.2 Å². The van der Waals surface area contributed by atoms with Gasteiger partial charge in [-0.1, -0.05) is 49.3 Å². The number of hydrogen-bond acceptors (Lipinski definition) is 22. The smallest absolute Gasteiger partial charge is 0.462 e. The summed E-state index contributed by atoms with van der Waals surface area (Å²) < 4.78 is 122. The van der Waals surface area contributed by atoms with E-state index in [-0.39, 0.29) is 17.1 Å². The van der Waals surface area contributed by atoms with Crippen LogP contribution in [0.4, 0.5) is 0 Å². The average Bonchev–Trinajstić information content (AvgIpc) is 0.733. The second kappa shape index (κ2) is 60.8. The molecule has 0 fully saturated rings. The second-order valence-corrected chi connectivity index (χ2v) is 147. The Morgan fingerprint density at radius 1 is 0.290 bits per heavy atom. The van der Waals surface area contributed by atoms with Gasteiger partial charge in [0.2, 0.25) is 0 Å². The van der Waals surface area contributed by atoms with Crippen LogP contribution in [0.15, 0.2) is 98.7 Å². The van der Waals surface area contributed by atoms with Gasteiger partial charge >= 0.3 is 55.7 Å². The quantitative estimate of drug-likeness (QED) is 0.0182. The summed E-state index contributed by atoms with van der Waals surface area (Å²) in [7, 11) is -38.0. The summed E-state index contributed by atoms with van der Waals surface area (Å²) in [5.74, 6) is -0.647. The van der Waals surface area contributed by atoms with Crippen molar-refractivity contribution in [3.63, 3.8) is 0 Å². The van der Waals surface area contributed by atoms with Crippen LogP contribution in [0.1, 0.15) is 47.5 Å². The standard InChI is InChI=1S/C16H38O5Si4.C12H32O3Si4.C12H26O3Si2.C11H28O4Si3.C11H30O3Si4.C9H24O2Si3.C8H18OSi.C7H18OSi2/c1-15(2)16(17)18-13-12-14-25(19-22(3,4)5,20-23(6,7)8)21-24(9,10)11;1-11-12-19(13-16(2,3)4,14-17(5,6)7)15-18(8,9)10;1-11(2)12(13)14-9-8-10-17(6,7)15-16(3,4)5;1-10-16(6,7)15-17(8,9)11(2)18(12-3,13-4)14-5;1-11-18(12-15(2,3)4,13-16(5,6)7)14-17(8,9)10;1-9-14(8,10-12(2,3)4)11-13(5,6)7;1-6-7-10(4,5)9-8(2)3;1-7-10(5,6)8-9(2,3)4/h1,12-14H2,2-11H3;11H,1,12H2,2-10H3;1,8-10H2,2-7H3;10-11H,1H2,2-9H3;11H,1H2,2-10H3;9H,1H2,2-8H3;6,8H,1,7H2,2-5H3;7H,1H2,2-6H3. The lowest BCUT2D eigenvalue weighted by Gasteiger charge is -2.42. The fourth-order valence-electron chi connectivity index (χ4n) is 12.3. The van der Waals surface area contributed by atoms with E-state index in [1.807, 2.05) is 34.9 Å². The Balaban J connectivity index is -0.000000223. The molecule has 782 valence electrons. The van der Waals surface area contributed by atoms with Crippen LogP contribution >= 0.6 is 0 Å². The molecule has 0 heterocycles. The van der Waals surface area contributed by atoms with Crippen LogP contribution in [0.5, 0.6) is 0 Å². The van der Waals surface area contributed by atoms with Crippen LogP contribution in [0.3, 0.4) is 0 Å². The summed E-state index contributed by atoms with van der Waals surface area (Å²) >= 11 is 0. The Labute approximate surface area is 836 Å². The highest BCUT2D eigenvalue weighted by Crippen LogP contribution is 2.37. The molecule has 45 heteroatoms. The van der Waals surface area contributed by atoms with Gasteiger partial charge in [0.25, 0.3) is 0 Å². The van der Waals surface area contributed by atoms with Crippen molar-refractivity contribution in [2.45, 2.75) is 410 Å². The molecule has 22 nitrogen and oxygen atoms in total. The lowest BCUT2D eigenvalue weighted by molar-refractivity contribution is -0.139. The fourth-order valence-corrected chi connectivity index (χ4v) is 94.7. The van der Waals surface area contributed by atoms with E-state index in [0.29, 0.717) is 49.0 Å². The van der Waals surface area contributed by atoms with E-state index in [0.717, 1.165) is 18.5 Å². The van der Waals surface area contributed by atoms with Crippen LogP contribution in [0.2, 0.25) is 357 Å². The number of carbonyl (C=O) groups excluding carboxylic acids is 2. The Morgan fingerprint density at radius 2 is 0.542 bits per heavy atom. The maximum atomic E-state index is 11.6. The van der Waals surface area contributed by atoms with Crippen molar-refractivity contribution < 1.29 is 94.4 Å². The molecule has 0 aromatic heterocycles. The van der Waals surface area contributed by atoms with Crippen LogP contribution < -0.4 is 0 Å². The molecule has 0 amide bonds. The minimum Gasteiger partial charge on any atom is -0.462 e. The first-order valence-electron chi connectivity index (χ1n) is 46.7. The van der Waals surface area contributed by atoms with Gasteiger partial charge in [-0.15, -0.1) is 39.5 Å². The van der Waals surface area contributed by atoms with Gasteiger partial charge in [-0.3, -0.25) is 0 Å². The molecule has 0 aliphatic rings. The van der Waals surface area contributed by atoms with Gasteiger partial charge in [-0.2, -0.15) is 0 Å². The number of esters is 2. The third-order valence-electron chi connectivity index (χ3n) is 15.1. The van der Waals surface area contributed by atoms with Gasteiger partial charge in [-0.25, -0.2) is 9.59 Å². The van der Waals surface area contributed by atoms with Crippen molar-refractivity contribution in [1.82, 2.24) is 0 Å². The highest BCUT2D eigenvalue weighted by Gasteiger charge is 2.56. The lowest BCUT2D eigenvalue weighted by atomic mass is 10.4. The molecule has 0 bridgehead atoms. The van der Waals surface area contributed by atoms with Crippen molar-refractivity contribution >= 4 is 205 Å².